The summed E-state index contributed by atoms with van der Waals surface area (Å²) >= 11 is 1.57. The summed E-state index contributed by atoms with van der Waals surface area (Å²) in [6.45, 7) is 1.90. The third-order valence-electron chi connectivity index (χ3n) is 2.65. The Morgan fingerprint density at radius 1 is 1.29 bits per heavy atom. The summed E-state index contributed by atoms with van der Waals surface area (Å²) in [4.78, 5) is 12.9. The van der Waals surface area contributed by atoms with Gasteiger partial charge < -0.3 is 0 Å². The van der Waals surface area contributed by atoms with Gasteiger partial charge in [-0.25, -0.2) is 4.39 Å². The molecule has 1 nitrogen and oxygen atoms in total. The van der Waals surface area contributed by atoms with Crippen LogP contribution in [-0.4, -0.2) is 5.78 Å². The van der Waals surface area contributed by atoms with E-state index < -0.39 is 0 Å². The maximum atomic E-state index is 13.1. The van der Waals surface area contributed by atoms with Crippen LogP contribution in [0, 0.1) is 12.7 Å². The van der Waals surface area contributed by atoms with Crippen molar-refractivity contribution in [3.63, 3.8) is 0 Å². The molecule has 0 amide bonds. The third kappa shape index (κ3) is 3.24. The fourth-order valence-electron chi connectivity index (χ4n) is 1.71. The topological polar surface area (TPSA) is 17.1 Å². The van der Waals surface area contributed by atoms with Gasteiger partial charge in [0, 0.05) is 17.7 Å². The molecule has 0 atom stereocenters. The van der Waals surface area contributed by atoms with Gasteiger partial charge in [0.05, 0.1) is 0 Å². The molecule has 0 spiro atoms. The molecule has 2 aromatic rings. The molecule has 0 unspecified atom stereocenters. The molecule has 0 bridgehead atoms. The van der Waals surface area contributed by atoms with Gasteiger partial charge in [0.2, 0.25) is 0 Å². The van der Waals surface area contributed by atoms with Crippen LogP contribution in [0.15, 0.2) is 35.7 Å². The monoisotopic (exact) mass is 248 g/mol. The van der Waals surface area contributed by atoms with Crippen molar-refractivity contribution in [2.45, 2.75) is 19.8 Å². The second-order valence-electron chi connectivity index (χ2n) is 4.04. The molecule has 0 fully saturated rings. The van der Waals surface area contributed by atoms with E-state index >= 15 is 0 Å². The second kappa shape index (κ2) is 5.23. The molecule has 0 saturated heterocycles. The minimum Gasteiger partial charge on any atom is -0.299 e. The summed E-state index contributed by atoms with van der Waals surface area (Å²) < 4.78 is 13.1. The Balaban J connectivity index is 2.05. The Labute approximate surface area is 104 Å². The fraction of sp³-hybridized carbons (Fsp3) is 0.214. The lowest BCUT2D eigenvalue weighted by atomic mass is 10.0. The van der Waals surface area contributed by atoms with Crippen LogP contribution in [0.1, 0.15) is 16.0 Å². The standard InChI is InChI=1S/C14H13FOS/c1-10-4-5-12(15)7-11(10)8-13(16)9-14-3-2-6-17-14/h2-7H,8-9H2,1H3. The van der Waals surface area contributed by atoms with Crippen molar-refractivity contribution >= 4 is 17.1 Å². The second-order valence-corrected chi connectivity index (χ2v) is 5.07. The van der Waals surface area contributed by atoms with Gasteiger partial charge in [0.25, 0.3) is 0 Å². The summed E-state index contributed by atoms with van der Waals surface area (Å²) in [5.74, 6) is -0.157. The van der Waals surface area contributed by atoms with Gasteiger partial charge in [-0.2, -0.15) is 0 Å². The van der Waals surface area contributed by atoms with Gasteiger partial charge in [-0.15, -0.1) is 11.3 Å². The summed E-state index contributed by atoms with van der Waals surface area (Å²) in [5.41, 5.74) is 1.75. The zero-order chi connectivity index (χ0) is 12.3. The molecule has 0 aliphatic rings. The molecule has 1 aromatic heterocycles. The first-order valence-electron chi connectivity index (χ1n) is 5.44. The fourth-order valence-corrected chi connectivity index (χ4v) is 2.45. The Hall–Kier alpha value is -1.48. The number of thiophene rings is 1. The maximum absolute atomic E-state index is 13.1. The van der Waals surface area contributed by atoms with Crippen molar-refractivity contribution in [3.8, 4) is 0 Å². The zero-order valence-corrected chi connectivity index (χ0v) is 10.4. The van der Waals surface area contributed by atoms with E-state index in [0.29, 0.717) is 12.8 Å². The van der Waals surface area contributed by atoms with Crippen LogP contribution in [0.25, 0.3) is 0 Å². The molecule has 0 saturated carbocycles. The lowest BCUT2D eigenvalue weighted by Gasteiger charge is -2.04. The van der Waals surface area contributed by atoms with E-state index in [1.807, 2.05) is 24.4 Å². The van der Waals surface area contributed by atoms with Crippen molar-refractivity contribution in [2.24, 2.45) is 0 Å². The summed E-state index contributed by atoms with van der Waals surface area (Å²) in [6.07, 6.45) is 0.745. The average molecular weight is 248 g/mol. The number of hydrogen-bond donors (Lipinski definition) is 0. The summed E-state index contributed by atoms with van der Waals surface area (Å²) in [6, 6.07) is 8.45. The van der Waals surface area contributed by atoms with E-state index in [1.54, 1.807) is 17.4 Å². The van der Waals surface area contributed by atoms with Crippen LogP contribution >= 0.6 is 11.3 Å². The molecule has 0 aliphatic carbocycles. The van der Waals surface area contributed by atoms with E-state index in [9.17, 15) is 9.18 Å². The van der Waals surface area contributed by atoms with Crippen LogP contribution in [0.4, 0.5) is 4.39 Å². The molecule has 17 heavy (non-hydrogen) atoms. The highest BCUT2D eigenvalue weighted by Gasteiger charge is 2.08. The number of ketones is 1. The van der Waals surface area contributed by atoms with Crippen LogP contribution in [0.5, 0.6) is 0 Å². The van der Waals surface area contributed by atoms with Crippen LogP contribution in [0.2, 0.25) is 0 Å². The molecule has 88 valence electrons. The average Bonchev–Trinajstić information content (AvgIpc) is 2.76. The van der Waals surface area contributed by atoms with Gasteiger partial charge in [-0.1, -0.05) is 12.1 Å². The van der Waals surface area contributed by atoms with E-state index in [4.69, 9.17) is 0 Å². The molecule has 0 aliphatic heterocycles. The van der Waals surface area contributed by atoms with Crippen molar-refractivity contribution in [3.05, 3.63) is 57.5 Å². The van der Waals surface area contributed by atoms with Crippen LogP contribution in [0.3, 0.4) is 0 Å². The van der Waals surface area contributed by atoms with Crippen molar-refractivity contribution in [1.82, 2.24) is 0 Å². The van der Waals surface area contributed by atoms with E-state index in [2.05, 4.69) is 0 Å². The predicted molar refractivity (Wildman–Crippen MR) is 67.9 cm³/mol. The van der Waals surface area contributed by atoms with Crippen molar-refractivity contribution < 1.29 is 9.18 Å². The quantitative estimate of drug-likeness (QED) is 0.808. The van der Waals surface area contributed by atoms with Gasteiger partial charge >= 0.3 is 0 Å². The maximum Gasteiger partial charge on any atom is 0.142 e. The highest BCUT2D eigenvalue weighted by Crippen LogP contribution is 2.14. The van der Waals surface area contributed by atoms with Gasteiger partial charge in [-0.3, -0.25) is 4.79 Å². The zero-order valence-electron chi connectivity index (χ0n) is 9.57. The Morgan fingerprint density at radius 2 is 2.12 bits per heavy atom. The largest absolute Gasteiger partial charge is 0.299 e. The van der Waals surface area contributed by atoms with Crippen LogP contribution in [-0.2, 0) is 17.6 Å². The molecule has 1 aromatic carbocycles. The van der Waals surface area contributed by atoms with E-state index in [-0.39, 0.29) is 11.6 Å². The number of hydrogen-bond acceptors (Lipinski definition) is 2. The number of benzene rings is 1. The molecule has 2 rings (SSSR count). The summed E-state index contributed by atoms with van der Waals surface area (Å²) in [5, 5.41) is 1.95. The first-order valence-corrected chi connectivity index (χ1v) is 6.32. The molecular weight excluding hydrogens is 235 g/mol. The smallest absolute Gasteiger partial charge is 0.142 e. The number of Topliss-reactive ketones (excluding diaryl/α,β-unsaturated/α-hetero) is 1. The normalized spacial score (nSPS) is 10.5. The number of aryl methyl sites for hydroxylation is 1. The van der Waals surface area contributed by atoms with Gasteiger partial charge in [0.15, 0.2) is 0 Å². The highest BCUT2D eigenvalue weighted by molar-refractivity contribution is 7.10. The van der Waals surface area contributed by atoms with E-state index in [0.717, 1.165) is 16.0 Å². The van der Waals surface area contributed by atoms with Gasteiger partial charge in [-0.05, 0) is 41.6 Å². The lowest BCUT2D eigenvalue weighted by Crippen LogP contribution is -2.07. The predicted octanol–water partition coefficient (Wildman–Crippen LogP) is 3.55. The molecule has 1 heterocycles. The first kappa shape index (κ1) is 12.0. The van der Waals surface area contributed by atoms with Crippen molar-refractivity contribution in [1.29, 1.82) is 0 Å². The molecule has 3 heteroatoms. The molecule has 0 N–H and O–H groups in total. The Morgan fingerprint density at radius 3 is 2.82 bits per heavy atom. The molecular formula is C14H13FOS. The summed E-state index contributed by atoms with van der Waals surface area (Å²) in [7, 11) is 0. The van der Waals surface area contributed by atoms with Crippen molar-refractivity contribution in [2.75, 3.05) is 0 Å². The molecule has 0 radical (unpaired) electrons. The van der Waals surface area contributed by atoms with Crippen LogP contribution < -0.4 is 0 Å². The number of carbonyl (C=O) groups excluding carboxylic acids is 1. The highest BCUT2D eigenvalue weighted by atomic mass is 32.1. The minimum absolute atomic E-state index is 0.126. The Bertz CT molecular complexity index is 517. The Kier molecular flexibility index (Phi) is 3.69. The minimum atomic E-state index is -0.283. The third-order valence-corrected chi connectivity index (χ3v) is 3.53. The SMILES string of the molecule is Cc1ccc(F)cc1CC(=O)Cc1cccs1. The number of carbonyl (C=O) groups is 1. The number of rotatable bonds is 4. The van der Waals surface area contributed by atoms with E-state index in [1.165, 1.54) is 12.1 Å². The number of halogens is 1. The van der Waals surface area contributed by atoms with Gasteiger partial charge in [0.1, 0.15) is 11.6 Å². The lowest BCUT2D eigenvalue weighted by molar-refractivity contribution is -0.117. The first-order chi connectivity index (χ1) is 8.15.